The lowest BCUT2D eigenvalue weighted by molar-refractivity contribution is 0.340. The van der Waals surface area contributed by atoms with E-state index in [1.165, 1.54) is 49.7 Å². The van der Waals surface area contributed by atoms with Crippen LogP contribution in [0.4, 0.5) is 0 Å². The monoisotopic (exact) mass is 309 g/mol. The first-order valence-electron chi connectivity index (χ1n) is 8.22. The molecule has 2 aliphatic rings. The SMILES string of the molecule is CCCN[C@H]1CCc2cccc(OC)c2[C@@H]1CC1CC1.Cl. The lowest BCUT2D eigenvalue weighted by atomic mass is 9.76. The van der Waals surface area contributed by atoms with E-state index in [4.69, 9.17) is 4.74 Å². The van der Waals surface area contributed by atoms with Crippen LogP contribution in [-0.2, 0) is 6.42 Å². The summed E-state index contributed by atoms with van der Waals surface area (Å²) in [4.78, 5) is 0. The van der Waals surface area contributed by atoms with Gasteiger partial charge in [0.1, 0.15) is 5.75 Å². The highest BCUT2D eigenvalue weighted by molar-refractivity contribution is 5.85. The molecule has 1 aromatic rings. The minimum atomic E-state index is 0. The fraction of sp³-hybridized carbons (Fsp3) is 0.667. The largest absolute Gasteiger partial charge is 0.496 e. The molecule has 0 unspecified atom stereocenters. The van der Waals surface area contributed by atoms with Crippen LogP contribution in [0, 0.1) is 5.92 Å². The van der Waals surface area contributed by atoms with Gasteiger partial charge in [-0.2, -0.15) is 0 Å². The fourth-order valence-corrected chi connectivity index (χ4v) is 3.69. The lowest BCUT2D eigenvalue weighted by Gasteiger charge is -2.35. The van der Waals surface area contributed by atoms with Gasteiger partial charge in [0.15, 0.2) is 0 Å². The molecule has 1 saturated carbocycles. The molecule has 2 nitrogen and oxygen atoms in total. The van der Waals surface area contributed by atoms with Gasteiger partial charge >= 0.3 is 0 Å². The smallest absolute Gasteiger partial charge is 0.122 e. The summed E-state index contributed by atoms with van der Waals surface area (Å²) in [6.07, 6.45) is 7.88. The maximum Gasteiger partial charge on any atom is 0.122 e. The first-order valence-corrected chi connectivity index (χ1v) is 8.22. The van der Waals surface area contributed by atoms with Crippen LogP contribution in [-0.4, -0.2) is 19.7 Å². The van der Waals surface area contributed by atoms with Crippen LogP contribution >= 0.6 is 12.4 Å². The van der Waals surface area contributed by atoms with Crippen molar-refractivity contribution in [2.45, 2.75) is 57.4 Å². The van der Waals surface area contributed by atoms with E-state index in [9.17, 15) is 0 Å². The fourth-order valence-electron chi connectivity index (χ4n) is 3.69. The number of rotatable bonds is 6. The second kappa shape index (κ2) is 7.51. The summed E-state index contributed by atoms with van der Waals surface area (Å²) < 4.78 is 5.67. The number of hydrogen-bond acceptors (Lipinski definition) is 2. The van der Waals surface area contributed by atoms with Gasteiger partial charge in [-0.1, -0.05) is 31.9 Å². The summed E-state index contributed by atoms with van der Waals surface area (Å²) in [5, 5.41) is 3.79. The zero-order valence-corrected chi connectivity index (χ0v) is 14.0. The van der Waals surface area contributed by atoms with Crippen molar-refractivity contribution in [2.75, 3.05) is 13.7 Å². The molecule has 2 atom stereocenters. The van der Waals surface area contributed by atoms with Crippen LogP contribution in [0.3, 0.4) is 0 Å². The molecular weight excluding hydrogens is 282 g/mol. The Kier molecular flexibility index (Phi) is 5.95. The average Bonchev–Trinajstić information content (AvgIpc) is 3.29. The third-order valence-corrected chi connectivity index (χ3v) is 4.90. The Balaban J connectivity index is 0.00000161. The van der Waals surface area contributed by atoms with Gasteiger partial charge < -0.3 is 10.1 Å². The maximum absolute atomic E-state index is 5.67. The zero-order valence-electron chi connectivity index (χ0n) is 13.2. The Morgan fingerprint density at radius 2 is 2.05 bits per heavy atom. The molecule has 118 valence electrons. The van der Waals surface area contributed by atoms with Crippen LogP contribution < -0.4 is 10.1 Å². The predicted octanol–water partition coefficient (Wildman–Crippen LogP) is 4.32. The van der Waals surface area contributed by atoms with Crippen LogP contribution in [0.5, 0.6) is 5.75 Å². The van der Waals surface area contributed by atoms with E-state index in [1.54, 1.807) is 0 Å². The number of fused-ring (bicyclic) bond motifs is 1. The molecule has 0 radical (unpaired) electrons. The summed E-state index contributed by atoms with van der Waals surface area (Å²) in [6.45, 7) is 3.39. The molecule has 1 N–H and O–H groups in total. The number of halogens is 1. The van der Waals surface area contributed by atoms with E-state index >= 15 is 0 Å². The molecule has 0 amide bonds. The van der Waals surface area contributed by atoms with Crippen molar-refractivity contribution in [3.05, 3.63) is 29.3 Å². The molecule has 2 aliphatic carbocycles. The Morgan fingerprint density at radius 3 is 2.71 bits per heavy atom. The van der Waals surface area contributed by atoms with E-state index in [1.807, 2.05) is 7.11 Å². The quantitative estimate of drug-likeness (QED) is 0.845. The molecule has 1 aromatic carbocycles. The maximum atomic E-state index is 5.67. The minimum Gasteiger partial charge on any atom is -0.496 e. The van der Waals surface area contributed by atoms with Crippen LogP contribution in [0.15, 0.2) is 18.2 Å². The topological polar surface area (TPSA) is 21.3 Å². The van der Waals surface area contributed by atoms with E-state index in [2.05, 4.69) is 30.4 Å². The molecule has 1 fully saturated rings. The number of hydrogen-bond donors (Lipinski definition) is 1. The lowest BCUT2D eigenvalue weighted by Crippen LogP contribution is -2.39. The Labute approximate surface area is 135 Å². The molecule has 3 rings (SSSR count). The Bertz CT molecular complexity index is 444. The number of aryl methyl sites for hydroxylation is 1. The molecule has 0 aliphatic heterocycles. The molecule has 0 spiro atoms. The highest BCUT2D eigenvalue weighted by atomic mass is 35.5. The predicted molar refractivity (Wildman–Crippen MR) is 90.7 cm³/mol. The summed E-state index contributed by atoms with van der Waals surface area (Å²) in [6, 6.07) is 7.22. The second-order valence-corrected chi connectivity index (χ2v) is 6.42. The van der Waals surface area contributed by atoms with E-state index in [0.29, 0.717) is 12.0 Å². The number of ether oxygens (including phenoxy) is 1. The van der Waals surface area contributed by atoms with E-state index < -0.39 is 0 Å². The van der Waals surface area contributed by atoms with E-state index in [0.717, 1.165) is 18.2 Å². The number of nitrogens with one attached hydrogen (secondary N) is 1. The van der Waals surface area contributed by atoms with Gasteiger partial charge in [0.05, 0.1) is 7.11 Å². The third kappa shape index (κ3) is 3.73. The summed E-state index contributed by atoms with van der Waals surface area (Å²) in [5.74, 6) is 2.71. The van der Waals surface area contributed by atoms with Crippen molar-refractivity contribution in [3.63, 3.8) is 0 Å². The first-order chi connectivity index (χ1) is 9.83. The van der Waals surface area contributed by atoms with Crippen LogP contribution in [0.2, 0.25) is 0 Å². The zero-order chi connectivity index (χ0) is 13.9. The highest BCUT2D eigenvalue weighted by Crippen LogP contribution is 2.46. The standard InChI is InChI=1S/C18H27NO.ClH/c1-3-11-19-16-10-9-14-5-4-6-17(20-2)18(14)15(16)12-13-7-8-13;/h4-6,13,15-16,19H,3,7-12H2,1-2H3;1H/t15-,16+;/m1./s1. The number of benzene rings is 1. The van der Waals surface area contributed by atoms with Gasteiger partial charge in [-0.25, -0.2) is 0 Å². The van der Waals surface area contributed by atoms with E-state index in [-0.39, 0.29) is 12.4 Å². The minimum absolute atomic E-state index is 0. The Morgan fingerprint density at radius 1 is 1.24 bits per heavy atom. The molecule has 0 aromatic heterocycles. The highest BCUT2D eigenvalue weighted by Gasteiger charge is 2.36. The molecule has 0 heterocycles. The summed E-state index contributed by atoms with van der Waals surface area (Å²) in [5.41, 5.74) is 3.02. The van der Waals surface area contributed by atoms with Gasteiger partial charge in [0, 0.05) is 17.5 Å². The van der Waals surface area contributed by atoms with Gasteiger partial charge in [0.25, 0.3) is 0 Å². The first kappa shape index (κ1) is 16.6. The van der Waals surface area contributed by atoms with Gasteiger partial charge in [0.2, 0.25) is 0 Å². The Hall–Kier alpha value is -0.730. The van der Waals surface area contributed by atoms with Crippen molar-refractivity contribution in [1.82, 2.24) is 5.32 Å². The van der Waals surface area contributed by atoms with Crippen molar-refractivity contribution in [1.29, 1.82) is 0 Å². The molecular formula is C18H28ClNO. The second-order valence-electron chi connectivity index (χ2n) is 6.42. The van der Waals surface area contributed by atoms with Crippen molar-refractivity contribution >= 4 is 12.4 Å². The van der Waals surface area contributed by atoms with Gasteiger partial charge in [-0.3, -0.25) is 0 Å². The third-order valence-electron chi connectivity index (χ3n) is 4.90. The van der Waals surface area contributed by atoms with Crippen molar-refractivity contribution in [3.8, 4) is 5.75 Å². The number of methoxy groups -OCH3 is 1. The molecule has 0 bridgehead atoms. The van der Waals surface area contributed by atoms with Crippen molar-refractivity contribution in [2.24, 2.45) is 5.92 Å². The normalized spacial score (nSPS) is 24.1. The van der Waals surface area contributed by atoms with Crippen LogP contribution in [0.25, 0.3) is 0 Å². The molecule has 0 saturated heterocycles. The van der Waals surface area contributed by atoms with Crippen LogP contribution in [0.1, 0.15) is 56.1 Å². The van der Waals surface area contributed by atoms with Gasteiger partial charge in [-0.05, 0) is 49.8 Å². The summed E-state index contributed by atoms with van der Waals surface area (Å²) >= 11 is 0. The summed E-state index contributed by atoms with van der Waals surface area (Å²) in [7, 11) is 1.81. The molecule has 21 heavy (non-hydrogen) atoms. The van der Waals surface area contributed by atoms with Gasteiger partial charge in [-0.15, -0.1) is 12.4 Å². The average molecular weight is 310 g/mol. The molecule has 3 heteroatoms. The van der Waals surface area contributed by atoms with Crippen molar-refractivity contribution < 1.29 is 4.74 Å².